The van der Waals surface area contributed by atoms with Crippen LogP contribution in [0.4, 0.5) is 0 Å². The third-order valence-electron chi connectivity index (χ3n) is 5.34. The second kappa shape index (κ2) is 6.09. The van der Waals surface area contributed by atoms with Crippen LogP contribution in [0.2, 0.25) is 0 Å². The van der Waals surface area contributed by atoms with Crippen LogP contribution in [0.15, 0.2) is 30.3 Å². The second-order valence-electron chi connectivity index (χ2n) is 6.73. The Kier molecular flexibility index (Phi) is 4.21. The van der Waals surface area contributed by atoms with Gasteiger partial charge in [0.15, 0.2) is 0 Å². The Bertz CT molecular complexity index is 456. The zero-order valence-electron chi connectivity index (χ0n) is 12.1. The average molecular weight is 271 g/mol. The molecule has 0 radical (unpaired) electrons. The summed E-state index contributed by atoms with van der Waals surface area (Å²) in [6, 6.07) is 10.1. The number of benzene rings is 1. The lowest BCUT2D eigenvalue weighted by atomic mass is 9.84. The largest absolute Gasteiger partial charge is 0.324 e. The molecule has 3 rings (SSSR count). The van der Waals surface area contributed by atoms with Crippen LogP contribution < -0.4 is 5.73 Å². The van der Waals surface area contributed by atoms with Gasteiger partial charge in [-0.05, 0) is 49.0 Å². The first-order valence-corrected chi connectivity index (χ1v) is 8.04. The van der Waals surface area contributed by atoms with Crippen LogP contribution in [0.1, 0.15) is 56.6 Å². The molecule has 1 aromatic rings. The number of fused-ring (bicyclic) bond motifs is 2. The molecule has 2 saturated carbocycles. The summed E-state index contributed by atoms with van der Waals surface area (Å²) in [6.45, 7) is 0. The number of ketones is 1. The van der Waals surface area contributed by atoms with Crippen molar-refractivity contribution in [1.29, 1.82) is 0 Å². The van der Waals surface area contributed by atoms with Gasteiger partial charge >= 0.3 is 0 Å². The van der Waals surface area contributed by atoms with Crippen molar-refractivity contribution >= 4 is 5.78 Å². The fraction of sp³-hybridized carbons (Fsp3) is 0.611. The van der Waals surface area contributed by atoms with Crippen molar-refractivity contribution in [3.63, 3.8) is 0 Å². The van der Waals surface area contributed by atoms with Gasteiger partial charge in [-0.15, -0.1) is 0 Å². The summed E-state index contributed by atoms with van der Waals surface area (Å²) in [5, 5.41) is 0. The summed E-state index contributed by atoms with van der Waals surface area (Å²) in [7, 11) is 0. The average Bonchev–Trinajstić information content (AvgIpc) is 3.08. The molecule has 20 heavy (non-hydrogen) atoms. The smallest absolute Gasteiger partial charge is 0.133 e. The molecular formula is C18H25NO. The fourth-order valence-electron chi connectivity index (χ4n) is 4.20. The molecule has 2 aliphatic rings. The van der Waals surface area contributed by atoms with E-state index < -0.39 is 0 Å². The molecule has 0 heterocycles. The van der Waals surface area contributed by atoms with Crippen molar-refractivity contribution < 1.29 is 4.79 Å². The van der Waals surface area contributed by atoms with Crippen molar-refractivity contribution in [3.8, 4) is 0 Å². The maximum atomic E-state index is 12.2. The maximum absolute atomic E-state index is 12.2. The minimum atomic E-state index is 0.000166. The number of nitrogens with two attached hydrogens (primary N) is 1. The Hall–Kier alpha value is -1.15. The topological polar surface area (TPSA) is 43.1 Å². The Balaban J connectivity index is 1.43. The van der Waals surface area contributed by atoms with Crippen LogP contribution in [0.5, 0.6) is 0 Å². The first-order valence-electron chi connectivity index (χ1n) is 8.04. The first kappa shape index (κ1) is 13.8. The van der Waals surface area contributed by atoms with Gasteiger partial charge in [0.2, 0.25) is 0 Å². The van der Waals surface area contributed by atoms with Gasteiger partial charge in [-0.2, -0.15) is 0 Å². The zero-order chi connectivity index (χ0) is 13.9. The van der Waals surface area contributed by atoms with Crippen molar-refractivity contribution in [2.75, 3.05) is 0 Å². The van der Waals surface area contributed by atoms with E-state index in [1.54, 1.807) is 0 Å². The maximum Gasteiger partial charge on any atom is 0.133 e. The molecule has 4 atom stereocenters. The molecular weight excluding hydrogens is 246 g/mol. The van der Waals surface area contributed by atoms with Gasteiger partial charge in [-0.25, -0.2) is 0 Å². The molecule has 2 nitrogen and oxygen atoms in total. The number of hydrogen-bond acceptors (Lipinski definition) is 2. The van der Waals surface area contributed by atoms with Crippen LogP contribution in [0.25, 0.3) is 0 Å². The van der Waals surface area contributed by atoms with Crippen LogP contribution in [0.3, 0.4) is 0 Å². The van der Waals surface area contributed by atoms with Gasteiger partial charge in [0.05, 0.1) is 0 Å². The quantitative estimate of drug-likeness (QED) is 0.853. The summed E-state index contributed by atoms with van der Waals surface area (Å²) in [5.41, 5.74) is 7.30. The lowest BCUT2D eigenvalue weighted by molar-refractivity contribution is -0.120. The van der Waals surface area contributed by atoms with Crippen LogP contribution in [-0.4, -0.2) is 5.78 Å². The molecule has 2 bridgehead atoms. The molecule has 0 saturated heterocycles. The lowest BCUT2D eigenvalue weighted by Gasteiger charge is -2.21. The molecule has 4 unspecified atom stereocenters. The van der Waals surface area contributed by atoms with Crippen LogP contribution in [-0.2, 0) is 4.79 Å². The summed E-state index contributed by atoms with van der Waals surface area (Å²) >= 11 is 0. The fourth-order valence-corrected chi connectivity index (χ4v) is 4.20. The second-order valence-corrected chi connectivity index (χ2v) is 6.73. The van der Waals surface area contributed by atoms with E-state index in [0.29, 0.717) is 18.1 Å². The summed E-state index contributed by atoms with van der Waals surface area (Å²) in [4.78, 5) is 12.2. The predicted molar refractivity (Wildman–Crippen MR) is 81.2 cm³/mol. The minimum Gasteiger partial charge on any atom is -0.324 e. The van der Waals surface area contributed by atoms with Gasteiger partial charge in [0, 0.05) is 18.9 Å². The number of Topliss-reactive ketones (excluding diaryl/α,β-unsaturated/α-hetero) is 1. The summed E-state index contributed by atoms with van der Waals surface area (Å²) in [5.74, 6) is 2.90. The molecule has 0 amide bonds. The van der Waals surface area contributed by atoms with Crippen LogP contribution in [0, 0.1) is 17.8 Å². The monoisotopic (exact) mass is 271 g/mol. The minimum absolute atomic E-state index is 0.000166. The third kappa shape index (κ3) is 3.12. The van der Waals surface area contributed by atoms with Crippen molar-refractivity contribution in [2.45, 2.75) is 51.0 Å². The number of carbonyl (C=O) groups excluding carboxylic acids is 1. The Morgan fingerprint density at radius 3 is 2.65 bits per heavy atom. The van der Waals surface area contributed by atoms with E-state index in [0.717, 1.165) is 30.2 Å². The first-order chi connectivity index (χ1) is 9.72. The van der Waals surface area contributed by atoms with Gasteiger partial charge in [0.1, 0.15) is 5.78 Å². The van der Waals surface area contributed by atoms with E-state index in [4.69, 9.17) is 5.73 Å². The predicted octanol–water partition coefficient (Wildman–Crippen LogP) is 3.86. The highest BCUT2D eigenvalue weighted by atomic mass is 16.1. The lowest BCUT2D eigenvalue weighted by Crippen LogP contribution is -2.17. The van der Waals surface area contributed by atoms with E-state index in [-0.39, 0.29) is 6.04 Å². The molecule has 1 aromatic carbocycles. The Morgan fingerprint density at radius 2 is 2.00 bits per heavy atom. The van der Waals surface area contributed by atoms with Crippen molar-refractivity contribution in [3.05, 3.63) is 35.9 Å². The number of carbonyl (C=O) groups is 1. The highest BCUT2D eigenvalue weighted by Crippen LogP contribution is 2.49. The normalized spacial score (nSPS) is 29.6. The number of rotatable bonds is 6. The molecule has 0 aliphatic heterocycles. The van der Waals surface area contributed by atoms with Crippen molar-refractivity contribution in [2.24, 2.45) is 23.5 Å². The third-order valence-corrected chi connectivity index (χ3v) is 5.34. The SMILES string of the molecule is NC(CCC(=O)CC1CC2CCC1C2)c1ccccc1. The molecule has 0 aromatic heterocycles. The summed E-state index contributed by atoms with van der Waals surface area (Å²) < 4.78 is 0. The molecule has 2 aliphatic carbocycles. The molecule has 2 N–H and O–H groups in total. The Labute approximate surface area is 121 Å². The summed E-state index contributed by atoms with van der Waals surface area (Å²) in [6.07, 6.45) is 7.71. The van der Waals surface area contributed by atoms with E-state index in [2.05, 4.69) is 0 Å². The highest BCUT2D eigenvalue weighted by molar-refractivity contribution is 5.78. The Morgan fingerprint density at radius 1 is 1.20 bits per heavy atom. The van der Waals surface area contributed by atoms with Gasteiger partial charge in [0.25, 0.3) is 0 Å². The molecule has 2 fully saturated rings. The molecule has 2 heteroatoms. The van der Waals surface area contributed by atoms with Gasteiger partial charge < -0.3 is 5.73 Å². The van der Waals surface area contributed by atoms with Gasteiger partial charge in [-0.3, -0.25) is 4.79 Å². The van der Waals surface area contributed by atoms with E-state index in [1.807, 2.05) is 30.3 Å². The molecule has 108 valence electrons. The standard InChI is InChI=1S/C18H25NO/c19-18(14-4-2-1-3-5-14)9-8-17(20)12-16-11-13-6-7-15(16)10-13/h1-5,13,15-16,18H,6-12,19H2. The number of hydrogen-bond donors (Lipinski definition) is 1. The molecule has 0 spiro atoms. The zero-order valence-corrected chi connectivity index (χ0v) is 12.1. The van der Waals surface area contributed by atoms with Crippen molar-refractivity contribution in [1.82, 2.24) is 0 Å². The van der Waals surface area contributed by atoms with E-state index in [9.17, 15) is 4.79 Å². The highest BCUT2D eigenvalue weighted by Gasteiger charge is 2.39. The van der Waals surface area contributed by atoms with Crippen LogP contribution >= 0.6 is 0 Å². The van der Waals surface area contributed by atoms with Gasteiger partial charge in [-0.1, -0.05) is 36.8 Å². The van der Waals surface area contributed by atoms with E-state index >= 15 is 0 Å². The van der Waals surface area contributed by atoms with E-state index in [1.165, 1.54) is 25.7 Å².